The predicted octanol–water partition coefficient (Wildman–Crippen LogP) is 16.0. The monoisotopic (exact) mass is 762 g/mol. The highest BCUT2D eigenvalue weighted by Crippen LogP contribution is 2.53. The number of anilines is 6. The highest BCUT2D eigenvalue weighted by molar-refractivity contribution is 7.27. The molecular weight excluding hydrogens is 729 g/mol. The topological polar surface area (TPSA) is 24.9 Å². The highest BCUT2D eigenvalue weighted by atomic mass is 32.1. The van der Waals surface area contributed by atoms with E-state index in [9.17, 15) is 0 Å². The van der Waals surface area contributed by atoms with E-state index in [-0.39, 0.29) is 0 Å². The van der Waals surface area contributed by atoms with E-state index in [2.05, 4.69) is 156 Å². The summed E-state index contributed by atoms with van der Waals surface area (Å²) in [5, 5.41) is 5.13. The third-order valence-electron chi connectivity index (χ3n) is 11.4. The van der Waals surface area contributed by atoms with Gasteiger partial charge in [0.15, 0.2) is 23.0 Å². The Morgan fingerprint density at radius 1 is 0.397 bits per heavy atom. The minimum atomic E-state index is 0.851. The Morgan fingerprint density at radius 3 is 1.33 bits per heavy atom. The summed E-state index contributed by atoms with van der Waals surface area (Å²) < 4.78 is 15.2. The van der Waals surface area contributed by atoms with Crippen LogP contribution in [0, 0.1) is 6.92 Å². The molecule has 274 valence electrons. The lowest BCUT2D eigenvalue weighted by Gasteiger charge is -2.32. The molecule has 1 aromatic heterocycles. The molecule has 2 aliphatic rings. The maximum Gasteiger partial charge on any atom is 0.151 e. The van der Waals surface area contributed by atoms with Crippen molar-refractivity contribution in [1.29, 1.82) is 0 Å². The van der Waals surface area contributed by atoms with E-state index >= 15 is 0 Å². The fourth-order valence-corrected chi connectivity index (χ4v) is 10.2. The molecule has 0 amide bonds. The number of aryl methyl sites for hydroxylation is 1. The summed E-state index contributed by atoms with van der Waals surface area (Å²) in [5.74, 6) is 3.41. The summed E-state index contributed by atoms with van der Waals surface area (Å²) >= 11 is 1.90. The average molecular weight is 763 g/mol. The van der Waals surface area contributed by atoms with Crippen LogP contribution in [-0.4, -0.2) is 0 Å². The van der Waals surface area contributed by atoms with Crippen molar-refractivity contribution >= 4 is 76.4 Å². The molecule has 0 atom stereocenters. The molecule has 10 aromatic rings. The van der Waals surface area contributed by atoms with E-state index in [4.69, 9.17) is 9.47 Å². The standard InChI is InChI=1S/C53H34N2O2S/c1-33-30-40(34-22-26-37(27-23-34)54-43-14-4-8-18-47(43)56-48-19-9-5-15-44(48)54)52-42(31-33)51-39-13-3-2-12-36(39)32-41(53(51)58-52)35-24-28-38(29-25-35)55-45-16-6-10-20-49(45)57-50-21-11-7-17-46(50)55/h2-32H,1H3. The van der Waals surface area contributed by atoms with Crippen molar-refractivity contribution in [2.75, 3.05) is 9.80 Å². The Balaban J connectivity index is 0.991. The lowest BCUT2D eigenvalue weighted by atomic mass is 9.94. The number of rotatable bonds is 4. The second-order valence-electron chi connectivity index (χ2n) is 15.0. The maximum atomic E-state index is 6.30. The van der Waals surface area contributed by atoms with Crippen LogP contribution in [0.25, 0.3) is 53.2 Å². The third kappa shape index (κ3) is 5.07. The van der Waals surface area contributed by atoms with Gasteiger partial charge in [0.25, 0.3) is 0 Å². The summed E-state index contributed by atoms with van der Waals surface area (Å²) in [6.45, 7) is 2.22. The summed E-state index contributed by atoms with van der Waals surface area (Å²) in [7, 11) is 0. The van der Waals surface area contributed by atoms with Crippen molar-refractivity contribution in [1.82, 2.24) is 0 Å². The minimum absolute atomic E-state index is 0.851. The van der Waals surface area contributed by atoms with Crippen molar-refractivity contribution in [2.24, 2.45) is 0 Å². The number of nitrogens with zero attached hydrogens (tertiary/aromatic N) is 2. The number of ether oxygens (including phenoxy) is 2. The van der Waals surface area contributed by atoms with Gasteiger partial charge in [0.2, 0.25) is 0 Å². The van der Waals surface area contributed by atoms with Crippen molar-refractivity contribution in [3.8, 4) is 45.3 Å². The van der Waals surface area contributed by atoms with Crippen LogP contribution in [0.5, 0.6) is 23.0 Å². The number of hydrogen-bond donors (Lipinski definition) is 0. The molecule has 5 heteroatoms. The number of thiophene rings is 1. The fourth-order valence-electron chi connectivity index (χ4n) is 8.85. The van der Waals surface area contributed by atoms with Gasteiger partial charge in [-0.15, -0.1) is 11.3 Å². The molecule has 0 saturated heterocycles. The average Bonchev–Trinajstić information content (AvgIpc) is 3.66. The molecule has 58 heavy (non-hydrogen) atoms. The number of hydrogen-bond acceptors (Lipinski definition) is 5. The fraction of sp³-hybridized carbons (Fsp3) is 0.0189. The molecule has 0 radical (unpaired) electrons. The van der Waals surface area contributed by atoms with Gasteiger partial charge < -0.3 is 19.3 Å². The molecule has 9 aromatic carbocycles. The first-order valence-electron chi connectivity index (χ1n) is 19.6. The van der Waals surface area contributed by atoms with E-state index in [0.29, 0.717) is 0 Å². The molecular formula is C53H34N2O2S. The normalized spacial score (nSPS) is 12.8. The second kappa shape index (κ2) is 12.8. The lowest BCUT2D eigenvalue weighted by molar-refractivity contribution is 0.477. The van der Waals surface area contributed by atoms with Gasteiger partial charge in [-0.1, -0.05) is 97.1 Å². The van der Waals surface area contributed by atoms with Gasteiger partial charge in [-0.25, -0.2) is 0 Å². The van der Waals surface area contributed by atoms with E-state index in [1.807, 2.05) is 59.9 Å². The van der Waals surface area contributed by atoms with E-state index in [1.54, 1.807) is 0 Å². The van der Waals surface area contributed by atoms with Crippen LogP contribution < -0.4 is 19.3 Å². The zero-order valence-corrected chi connectivity index (χ0v) is 32.3. The van der Waals surface area contributed by atoms with Gasteiger partial charge >= 0.3 is 0 Å². The zero-order valence-electron chi connectivity index (χ0n) is 31.5. The first-order chi connectivity index (χ1) is 28.7. The molecule has 3 heterocycles. The maximum absolute atomic E-state index is 6.30. The van der Waals surface area contributed by atoms with Crippen LogP contribution in [0.1, 0.15) is 5.56 Å². The quantitative estimate of drug-likeness (QED) is 0.178. The van der Waals surface area contributed by atoms with Gasteiger partial charge in [0, 0.05) is 37.1 Å². The van der Waals surface area contributed by atoms with Crippen molar-refractivity contribution in [3.05, 3.63) is 194 Å². The molecule has 0 bridgehead atoms. The number of para-hydroxylation sites is 8. The zero-order chi connectivity index (χ0) is 38.3. The highest BCUT2D eigenvalue weighted by Gasteiger charge is 2.27. The SMILES string of the molecule is Cc1cc(-c2ccc(N3c4ccccc4Oc4ccccc43)cc2)c2sc3c(-c4ccc(N5c6ccccc6Oc6ccccc65)cc4)cc4ccccc4c3c2c1. The van der Waals surface area contributed by atoms with Crippen LogP contribution in [0.2, 0.25) is 0 Å². The van der Waals surface area contributed by atoms with E-state index in [1.165, 1.54) is 58.8 Å². The molecule has 2 aliphatic heterocycles. The molecule has 0 N–H and O–H groups in total. The predicted molar refractivity (Wildman–Crippen MR) is 242 cm³/mol. The molecule has 0 fully saturated rings. The van der Waals surface area contributed by atoms with Gasteiger partial charge in [0.05, 0.1) is 22.7 Å². The van der Waals surface area contributed by atoms with Gasteiger partial charge in [-0.05, 0) is 131 Å². The Morgan fingerprint density at radius 2 is 0.828 bits per heavy atom. The Kier molecular flexibility index (Phi) is 7.28. The first-order valence-corrected chi connectivity index (χ1v) is 20.4. The summed E-state index contributed by atoms with van der Waals surface area (Å²) in [5.41, 5.74) is 12.4. The molecule has 0 aliphatic carbocycles. The summed E-state index contributed by atoms with van der Waals surface area (Å²) in [4.78, 5) is 4.59. The Bertz CT molecular complexity index is 3170. The van der Waals surface area contributed by atoms with Gasteiger partial charge in [0.1, 0.15) is 0 Å². The van der Waals surface area contributed by atoms with Crippen LogP contribution in [0.4, 0.5) is 34.1 Å². The van der Waals surface area contributed by atoms with Gasteiger partial charge in [-0.2, -0.15) is 0 Å². The molecule has 12 rings (SSSR count). The number of benzene rings is 9. The summed E-state index contributed by atoms with van der Waals surface area (Å²) in [6, 6.07) is 67.0. The van der Waals surface area contributed by atoms with Crippen molar-refractivity contribution in [2.45, 2.75) is 6.92 Å². The third-order valence-corrected chi connectivity index (χ3v) is 12.7. The Hall–Kier alpha value is -7.34. The molecule has 4 nitrogen and oxygen atoms in total. The van der Waals surface area contributed by atoms with Crippen LogP contribution in [0.3, 0.4) is 0 Å². The minimum Gasteiger partial charge on any atom is -0.453 e. The lowest BCUT2D eigenvalue weighted by Crippen LogP contribution is -2.15. The van der Waals surface area contributed by atoms with E-state index in [0.717, 1.165) is 57.1 Å². The second-order valence-corrected chi connectivity index (χ2v) is 16.0. The summed E-state index contributed by atoms with van der Waals surface area (Å²) in [6.07, 6.45) is 0. The molecule has 0 spiro atoms. The largest absolute Gasteiger partial charge is 0.453 e. The van der Waals surface area contributed by atoms with Crippen molar-refractivity contribution in [3.63, 3.8) is 0 Å². The molecule has 0 saturated carbocycles. The smallest absolute Gasteiger partial charge is 0.151 e. The van der Waals surface area contributed by atoms with Crippen LogP contribution in [0.15, 0.2) is 188 Å². The van der Waals surface area contributed by atoms with E-state index < -0.39 is 0 Å². The van der Waals surface area contributed by atoms with Crippen LogP contribution >= 0.6 is 11.3 Å². The van der Waals surface area contributed by atoms with Gasteiger partial charge in [-0.3, -0.25) is 0 Å². The van der Waals surface area contributed by atoms with Crippen molar-refractivity contribution < 1.29 is 9.47 Å². The Labute approximate surface area is 340 Å². The van der Waals surface area contributed by atoms with Crippen LogP contribution in [-0.2, 0) is 0 Å². The number of fused-ring (bicyclic) bond motifs is 9. The molecule has 0 unspecified atom stereocenters. The first kappa shape index (κ1) is 32.9.